The van der Waals surface area contributed by atoms with E-state index in [1.165, 1.54) is 24.1 Å². The Labute approximate surface area is 216 Å². The molecule has 3 aromatic rings. The molecule has 1 heterocycles. The van der Waals surface area contributed by atoms with Crippen molar-refractivity contribution in [2.75, 3.05) is 13.5 Å². The van der Waals surface area contributed by atoms with E-state index in [1.807, 2.05) is 0 Å². The number of nitrogens with one attached hydrogen (secondary N) is 1. The molecule has 0 aliphatic carbocycles. The number of benzene rings is 2. The monoisotopic (exact) mass is 555 g/mol. The molecule has 0 spiro atoms. The minimum atomic E-state index is -3.80. The fraction of sp³-hybridized carbons (Fsp3) is 0.280. The number of amides is 1. The van der Waals surface area contributed by atoms with E-state index < -0.39 is 48.7 Å². The van der Waals surface area contributed by atoms with Crippen LogP contribution in [0.2, 0.25) is 5.02 Å². The van der Waals surface area contributed by atoms with Crippen LogP contribution in [0.4, 0.5) is 8.78 Å². The van der Waals surface area contributed by atoms with Gasteiger partial charge in [-0.05, 0) is 79.6 Å². The molecule has 2 aromatic carbocycles. The quantitative estimate of drug-likeness (QED) is 0.182. The highest BCUT2D eigenvalue weighted by atomic mass is 35.5. The van der Waals surface area contributed by atoms with E-state index in [1.54, 1.807) is 44.4 Å². The maximum atomic E-state index is 13.9. The Morgan fingerprint density at radius 2 is 1.92 bits per heavy atom. The fourth-order valence-corrected chi connectivity index (χ4v) is 6.12. The number of ether oxygens (including phenoxy) is 1. The van der Waals surface area contributed by atoms with Crippen molar-refractivity contribution < 1.29 is 32.2 Å². The number of esters is 1. The molecule has 1 aromatic heterocycles. The number of thiophene rings is 1. The maximum Gasteiger partial charge on any atom is 0.313 e. The van der Waals surface area contributed by atoms with E-state index in [4.69, 9.17) is 20.9 Å². The Kier molecular flexibility index (Phi) is 8.72. The van der Waals surface area contributed by atoms with Crippen LogP contribution in [0.1, 0.15) is 37.6 Å². The summed E-state index contributed by atoms with van der Waals surface area (Å²) in [6.45, 7) is 5.64. The largest absolute Gasteiger partial charge is 0.438 e. The Balaban J connectivity index is 1.90. The van der Waals surface area contributed by atoms with Gasteiger partial charge in [0.15, 0.2) is 6.79 Å². The standard InChI is InChI=1S/C25H25ClF2NO5PS/c1-25(2,3)24(31)33-14-34-35(4,32)22(19-13-36-21-8-5-16(26)12-18(19)21)23(30)29-10-9-15-11-17(27)6-7-20(15)28/h5-13,22H,14H2,1-4H3,(H,29,30)/b10-9+. The Bertz CT molecular complexity index is 1370. The highest BCUT2D eigenvalue weighted by molar-refractivity contribution is 7.59. The third-order valence-electron chi connectivity index (χ3n) is 5.14. The summed E-state index contributed by atoms with van der Waals surface area (Å²) < 4.78 is 52.4. The summed E-state index contributed by atoms with van der Waals surface area (Å²) in [5.74, 6) is -2.59. The molecule has 2 unspecified atom stereocenters. The van der Waals surface area contributed by atoms with Crippen molar-refractivity contribution in [3.63, 3.8) is 0 Å². The number of hydrogen-bond donors (Lipinski definition) is 1. The van der Waals surface area contributed by atoms with Crippen molar-refractivity contribution in [1.29, 1.82) is 0 Å². The van der Waals surface area contributed by atoms with Crippen LogP contribution in [0, 0.1) is 17.0 Å². The third-order valence-corrected chi connectivity index (χ3v) is 8.42. The van der Waals surface area contributed by atoms with E-state index in [0.717, 1.165) is 29.1 Å². The molecule has 2 atom stereocenters. The highest BCUT2D eigenvalue weighted by Gasteiger charge is 2.39. The summed E-state index contributed by atoms with van der Waals surface area (Å²) in [5, 5.41) is 5.20. The summed E-state index contributed by atoms with van der Waals surface area (Å²) in [6, 6.07) is 8.05. The Morgan fingerprint density at radius 1 is 1.19 bits per heavy atom. The van der Waals surface area contributed by atoms with E-state index in [-0.39, 0.29) is 5.56 Å². The van der Waals surface area contributed by atoms with Gasteiger partial charge in [0, 0.05) is 28.2 Å². The van der Waals surface area contributed by atoms with Gasteiger partial charge in [0.25, 0.3) is 0 Å². The van der Waals surface area contributed by atoms with Crippen LogP contribution < -0.4 is 5.32 Å². The molecule has 0 saturated heterocycles. The summed E-state index contributed by atoms with van der Waals surface area (Å²) in [4.78, 5) is 25.4. The minimum absolute atomic E-state index is 0.0790. The number of rotatable bonds is 8. The number of halogens is 3. The van der Waals surface area contributed by atoms with Crippen LogP contribution in [0.3, 0.4) is 0 Å². The average molecular weight is 556 g/mol. The van der Waals surface area contributed by atoms with Crippen LogP contribution >= 0.6 is 30.3 Å². The summed E-state index contributed by atoms with van der Waals surface area (Å²) >= 11 is 7.49. The highest BCUT2D eigenvalue weighted by Crippen LogP contribution is 2.59. The lowest BCUT2D eigenvalue weighted by Gasteiger charge is -2.24. The molecule has 3 rings (SSSR count). The molecule has 0 bridgehead atoms. The predicted molar refractivity (Wildman–Crippen MR) is 138 cm³/mol. The lowest BCUT2D eigenvalue weighted by Crippen LogP contribution is -2.27. The molecule has 1 N–H and O–H groups in total. The summed E-state index contributed by atoms with van der Waals surface area (Å²) in [6.07, 6.45) is 2.32. The molecular formula is C25H25ClF2NO5PS. The number of carbonyl (C=O) groups is 2. The minimum Gasteiger partial charge on any atom is -0.438 e. The Morgan fingerprint density at radius 3 is 2.61 bits per heavy atom. The van der Waals surface area contributed by atoms with Crippen LogP contribution in [0.25, 0.3) is 16.2 Å². The van der Waals surface area contributed by atoms with E-state index in [9.17, 15) is 22.9 Å². The first-order valence-electron chi connectivity index (χ1n) is 10.8. The van der Waals surface area contributed by atoms with Gasteiger partial charge < -0.3 is 10.1 Å². The van der Waals surface area contributed by atoms with Crippen LogP contribution in [-0.2, 0) is 23.4 Å². The molecule has 1 amide bonds. The molecule has 0 fully saturated rings. The average Bonchev–Trinajstić information content (AvgIpc) is 3.17. The molecule has 0 aliphatic heterocycles. The molecule has 36 heavy (non-hydrogen) atoms. The van der Waals surface area contributed by atoms with Crippen LogP contribution in [0.15, 0.2) is 48.0 Å². The van der Waals surface area contributed by atoms with Gasteiger partial charge in [0.1, 0.15) is 17.3 Å². The maximum absolute atomic E-state index is 13.9. The number of carbonyl (C=O) groups excluding carboxylic acids is 2. The van der Waals surface area contributed by atoms with Crippen molar-refractivity contribution in [1.82, 2.24) is 5.32 Å². The van der Waals surface area contributed by atoms with Gasteiger partial charge >= 0.3 is 5.97 Å². The van der Waals surface area contributed by atoms with Crippen molar-refractivity contribution >= 4 is 58.3 Å². The van der Waals surface area contributed by atoms with Crippen molar-refractivity contribution in [2.45, 2.75) is 26.4 Å². The molecule has 0 radical (unpaired) electrons. The fourth-order valence-electron chi connectivity index (χ4n) is 3.25. The molecule has 0 saturated carbocycles. The van der Waals surface area contributed by atoms with E-state index >= 15 is 0 Å². The summed E-state index contributed by atoms with van der Waals surface area (Å²) in [5.41, 5.74) is -1.77. The topological polar surface area (TPSA) is 81.7 Å². The van der Waals surface area contributed by atoms with E-state index in [0.29, 0.717) is 16.0 Å². The van der Waals surface area contributed by atoms with Crippen LogP contribution in [-0.4, -0.2) is 25.3 Å². The lowest BCUT2D eigenvalue weighted by molar-refractivity contribution is -0.159. The SMILES string of the molecule is CC(C)(C)C(=O)OCOP(C)(=O)C(C(=O)N/C=C/c1cc(F)ccc1F)c1csc2ccc(Cl)cc12. The smallest absolute Gasteiger partial charge is 0.313 e. The van der Waals surface area contributed by atoms with Gasteiger partial charge in [0.05, 0.1) is 5.41 Å². The van der Waals surface area contributed by atoms with Crippen LogP contribution in [0.5, 0.6) is 0 Å². The van der Waals surface area contributed by atoms with Gasteiger partial charge in [-0.2, -0.15) is 0 Å². The first-order valence-corrected chi connectivity index (χ1v) is 14.2. The van der Waals surface area contributed by atoms with Gasteiger partial charge in [-0.15, -0.1) is 11.3 Å². The molecular weight excluding hydrogens is 531 g/mol. The molecule has 192 valence electrons. The van der Waals surface area contributed by atoms with Gasteiger partial charge in [-0.25, -0.2) is 8.78 Å². The van der Waals surface area contributed by atoms with Gasteiger partial charge in [-0.3, -0.25) is 18.7 Å². The normalized spacial score (nSPS) is 14.5. The van der Waals surface area contributed by atoms with Gasteiger partial charge in [0.2, 0.25) is 13.3 Å². The van der Waals surface area contributed by atoms with Gasteiger partial charge in [-0.1, -0.05) is 11.6 Å². The van der Waals surface area contributed by atoms with Crippen molar-refractivity contribution in [2.24, 2.45) is 5.41 Å². The third kappa shape index (κ3) is 6.79. The molecule has 11 heteroatoms. The summed E-state index contributed by atoms with van der Waals surface area (Å²) in [7, 11) is -3.80. The van der Waals surface area contributed by atoms with E-state index in [2.05, 4.69) is 5.32 Å². The zero-order chi connectivity index (χ0) is 26.7. The number of hydrogen-bond acceptors (Lipinski definition) is 6. The first kappa shape index (κ1) is 28.0. The second-order valence-corrected chi connectivity index (χ2v) is 13.0. The van der Waals surface area contributed by atoms with Crippen molar-refractivity contribution in [3.05, 3.63) is 75.8 Å². The predicted octanol–water partition coefficient (Wildman–Crippen LogP) is 7.13. The second kappa shape index (κ2) is 11.2. The van der Waals surface area contributed by atoms with Crippen molar-refractivity contribution in [3.8, 4) is 0 Å². The zero-order valence-electron chi connectivity index (χ0n) is 20.0. The lowest BCUT2D eigenvalue weighted by atomic mass is 9.98. The Hall–Kier alpha value is -2.58. The first-order chi connectivity index (χ1) is 16.8. The second-order valence-electron chi connectivity index (χ2n) is 9.08. The molecule has 6 nitrogen and oxygen atoms in total. The number of fused-ring (bicyclic) bond motifs is 1. The molecule has 0 aliphatic rings. The zero-order valence-corrected chi connectivity index (χ0v) is 22.5.